The van der Waals surface area contributed by atoms with Gasteiger partial charge in [-0.15, -0.1) is 0 Å². The van der Waals surface area contributed by atoms with Gasteiger partial charge in [0.25, 0.3) is 0 Å². The minimum atomic E-state index is 0.358. The van der Waals surface area contributed by atoms with Gasteiger partial charge in [0.15, 0.2) is 0 Å². The Morgan fingerprint density at radius 1 is 0.386 bits per heavy atom. The molecule has 8 rings (SSSR count). The Morgan fingerprint density at radius 3 is 1.57 bits per heavy atom. The predicted octanol–water partition coefficient (Wildman–Crippen LogP) is 10.5. The minimum absolute atomic E-state index is 0.358. The van der Waals surface area contributed by atoms with E-state index in [1.165, 1.54) is 27.9 Å². The molecule has 1 saturated heterocycles. The maximum atomic E-state index is 2.62. The maximum Gasteiger partial charge on any atom is 0.0551 e. The van der Waals surface area contributed by atoms with Gasteiger partial charge in [-0.1, -0.05) is 134 Å². The van der Waals surface area contributed by atoms with Crippen LogP contribution in [0.15, 0.2) is 182 Å². The van der Waals surface area contributed by atoms with E-state index in [1.54, 1.807) is 0 Å². The lowest BCUT2D eigenvalue weighted by atomic mass is 9.83. The highest BCUT2D eigenvalue weighted by Gasteiger charge is 2.45. The van der Waals surface area contributed by atoms with Crippen LogP contribution in [-0.2, 0) is 0 Å². The summed E-state index contributed by atoms with van der Waals surface area (Å²) in [6.07, 6.45) is 18.4. The molecule has 4 unspecified atom stereocenters. The number of allylic oxidation sites excluding steroid dienone is 4. The summed E-state index contributed by atoms with van der Waals surface area (Å²) in [7, 11) is 0. The average molecular weight is 567 g/mol. The molecule has 0 amide bonds. The highest BCUT2D eigenvalue weighted by Crippen LogP contribution is 2.45. The summed E-state index contributed by atoms with van der Waals surface area (Å²) in [5.74, 6) is 0.983. The van der Waals surface area contributed by atoms with Crippen LogP contribution in [0.4, 0.5) is 22.7 Å². The van der Waals surface area contributed by atoms with E-state index in [0.717, 1.165) is 17.1 Å². The van der Waals surface area contributed by atoms with Crippen LogP contribution < -0.4 is 9.80 Å². The quantitative estimate of drug-likeness (QED) is 0.202. The number of rotatable bonds is 6. The smallest absolute Gasteiger partial charge is 0.0551 e. The second kappa shape index (κ2) is 11.4. The average Bonchev–Trinajstić information content (AvgIpc) is 3.44. The van der Waals surface area contributed by atoms with Gasteiger partial charge in [-0.05, 0) is 70.8 Å². The second-order valence-electron chi connectivity index (χ2n) is 11.8. The molecule has 0 radical (unpaired) electrons. The number of hydrogen-bond acceptors (Lipinski definition) is 2. The third-order valence-corrected chi connectivity index (χ3v) is 9.21. The van der Waals surface area contributed by atoms with Crippen molar-refractivity contribution in [2.75, 3.05) is 9.80 Å². The summed E-state index contributed by atoms with van der Waals surface area (Å²) < 4.78 is 0. The van der Waals surface area contributed by atoms with Crippen LogP contribution in [0, 0.1) is 11.8 Å². The Labute approximate surface area is 260 Å². The standard InChI is InChI=1S/C42H34N2/c1-3-13-31(14-4-1)32-25-27-36(28-26-32)43(35-17-5-2-6-18-35)37-19-11-15-33(29-37)34-16-12-20-38(30-34)44-41-23-9-7-21-39(41)40-22-8-10-24-42(40)44/h1-30,39-42H. The van der Waals surface area contributed by atoms with Crippen LogP contribution in [0.1, 0.15) is 0 Å². The van der Waals surface area contributed by atoms with Gasteiger partial charge in [0, 0.05) is 34.6 Å². The minimum Gasteiger partial charge on any atom is -0.357 e. The fourth-order valence-corrected chi connectivity index (χ4v) is 7.16. The molecule has 212 valence electrons. The van der Waals surface area contributed by atoms with Gasteiger partial charge in [0.1, 0.15) is 0 Å². The van der Waals surface area contributed by atoms with Crippen molar-refractivity contribution in [3.05, 3.63) is 182 Å². The SMILES string of the molecule is C1=CC2C3C=CC=CC3N(c3cccc(-c4cccc(N(c5ccccc5)c5ccc(-c6ccccc6)cc5)c4)c3)C2C=C1. The van der Waals surface area contributed by atoms with Gasteiger partial charge in [-0.25, -0.2) is 0 Å². The Hall–Kier alpha value is -5.34. The highest BCUT2D eigenvalue weighted by molar-refractivity contribution is 5.81. The fourth-order valence-electron chi connectivity index (χ4n) is 7.16. The molecule has 2 aliphatic carbocycles. The molecule has 0 bridgehead atoms. The predicted molar refractivity (Wildman–Crippen MR) is 186 cm³/mol. The van der Waals surface area contributed by atoms with Crippen LogP contribution in [0.3, 0.4) is 0 Å². The molecule has 2 heteroatoms. The molecule has 4 atom stereocenters. The van der Waals surface area contributed by atoms with E-state index in [4.69, 9.17) is 0 Å². The van der Waals surface area contributed by atoms with E-state index >= 15 is 0 Å². The maximum absolute atomic E-state index is 2.62. The lowest BCUT2D eigenvalue weighted by molar-refractivity contribution is 0.527. The molecule has 1 fully saturated rings. The van der Waals surface area contributed by atoms with Crippen molar-refractivity contribution >= 4 is 22.7 Å². The van der Waals surface area contributed by atoms with Gasteiger partial charge < -0.3 is 9.80 Å². The van der Waals surface area contributed by atoms with E-state index in [2.05, 4.69) is 192 Å². The third kappa shape index (κ3) is 4.79. The first kappa shape index (κ1) is 26.3. The van der Waals surface area contributed by atoms with Crippen LogP contribution in [0.2, 0.25) is 0 Å². The normalized spacial score (nSPS) is 21.2. The first-order valence-electron chi connectivity index (χ1n) is 15.5. The van der Waals surface area contributed by atoms with Crippen LogP contribution in [-0.4, -0.2) is 12.1 Å². The molecular weight excluding hydrogens is 532 g/mol. The summed E-state index contributed by atoms with van der Waals surface area (Å²) in [5, 5.41) is 0. The van der Waals surface area contributed by atoms with Gasteiger partial charge in [-0.3, -0.25) is 0 Å². The van der Waals surface area contributed by atoms with Crippen molar-refractivity contribution in [1.82, 2.24) is 0 Å². The van der Waals surface area contributed by atoms with E-state index < -0.39 is 0 Å². The van der Waals surface area contributed by atoms with Crippen molar-refractivity contribution in [1.29, 1.82) is 0 Å². The van der Waals surface area contributed by atoms with Crippen LogP contribution in [0.5, 0.6) is 0 Å². The number of nitrogens with zero attached hydrogens (tertiary/aromatic N) is 2. The first-order valence-corrected chi connectivity index (χ1v) is 15.5. The monoisotopic (exact) mass is 566 g/mol. The molecular formula is C42H34N2. The van der Waals surface area contributed by atoms with E-state index in [0.29, 0.717) is 23.9 Å². The number of hydrogen-bond donors (Lipinski definition) is 0. The van der Waals surface area contributed by atoms with Crippen molar-refractivity contribution < 1.29 is 0 Å². The molecule has 5 aromatic carbocycles. The molecule has 0 saturated carbocycles. The van der Waals surface area contributed by atoms with Crippen LogP contribution >= 0.6 is 0 Å². The molecule has 2 nitrogen and oxygen atoms in total. The number of anilines is 4. The summed E-state index contributed by atoms with van der Waals surface area (Å²) in [4.78, 5) is 4.96. The molecule has 1 heterocycles. The first-order chi connectivity index (χ1) is 21.8. The zero-order valence-electron chi connectivity index (χ0n) is 24.5. The highest BCUT2D eigenvalue weighted by atomic mass is 15.2. The van der Waals surface area contributed by atoms with Crippen molar-refractivity contribution in [3.8, 4) is 22.3 Å². The molecule has 0 aromatic heterocycles. The largest absolute Gasteiger partial charge is 0.357 e. The van der Waals surface area contributed by atoms with Crippen molar-refractivity contribution in [3.63, 3.8) is 0 Å². The molecule has 0 N–H and O–H groups in total. The topological polar surface area (TPSA) is 6.48 Å². The van der Waals surface area contributed by atoms with Crippen molar-refractivity contribution in [2.24, 2.45) is 11.8 Å². The van der Waals surface area contributed by atoms with Gasteiger partial charge in [-0.2, -0.15) is 0 Å². The number of fused-ring (bicyclic) bond motifs is 3. The summed E-state index contributed by atoms with van der Waals surface area (Å²) in [5.41, 5.74) is 9.53. The fraction of sp³-hybridized carbons (Fsp3) is 0.0952. The van der Waals surface area contributed by atoms with Gasteiger partial charge in [0.2, 0.25) is 0 Å². The Bertz CT molecular complexity index is 1850. The Morgan fingerprint density at radius 2 is 0.886 bits per heavy atom. The van der Waals surface area contributed by atoms with E-state index in [9.17, 15) is 0 Å². The summed E-state index contributed by atoms with van der Waals surface area (Å²) >= 11 is 0. The zero-order valence-corrected chi connectivity index (χ0v) is 24.5. The summed E-state index contributed by atoms with van der Waals surface area (Å²) in [6, 6.07) is 48.8. The zero-order chi connectivity index (χ0) is 29.3. The lowest BCUT2D eigenvalue weighted by Crippen LogP contribution is -2.36. The Balaban J connectivity index is 1.16. The van der Waals surface area contributed by atoms with Gasteiger partial charge in [0.05, 0.1) is 12.1 Å². The second-order valence-corrected chi connectivity index (χ2v) is 11.8. The molecule has 0 spiro atoms. The van der Waals surface area contributed by atoms with E-state index in [1.807, 2.05) is 0 Å². The number of benzene rings is 5. The third-order valence-electron chi connectivity index (χ3n) is 9.21. The molecule has 5 aromatic rings. The molecule has 44 heavy (non-hydrogen) atoms. The van der Waals surface area contributed by atoms with E-state index in [-0.39, 0.29) is 0 Å². The summed E-state index contributed by atoms with van der Waals surface area (Å²) in [6.45, 7) is 0. The molecule has 1 aliphatic heterocycles. The van der Waals surface area contributed by atoms with Crippen LogP contribution in [0.25, 0.3) is 22.3 Å². The lowest BCUT2D eigenvalue weighted by Gasteiger charge is -2.32. The number of para-hydroxylation sites is 1. The van der Waals surface area contributed by atoms with Crippen molar-refractivity contribution in [2.45, 2.75) is 12.1 Å². The van der Waals surface area contributed by atoms with Gasteiger partial charge >= 0.3 is 0 Å². The Kier molecular flexibility index (Phi) is 6.81. The molecule has 3 aliphatic rings.